The molecule has 0 aliphatic heterocycles. The summed E-state index contributed by atoms with van der Waals surface area (Å²) >= 11 is 0. The molecular weight excluding hydrogens is 268 g/mol. The van der Waals surface area contributed by atoms with Crippen LogP contribution in [0.5, 0.6) is 0 Å². The largest absolute Gasteiger partial charge is 0.300 e. The standard InChI is InChI=1S/C21H22O/c1-18(22)17-21(20-14-8-4-9-15-20)16-10-3-7-13-19-11-5-2-6-12-19/h2,4-6,8-9,11-12,14-15,21H,3,10,16-17H2,1H3. The summed E-state index contributed by atoms with van der Waals surface area (Å²) in [6.07, 6.45) is 3.52. The molecule has 2 aromatic carbocycles. The molecule has 2 rings (SSSR count). The van der Waals surface area contributed by atoms with Gasteiger partial charge in [-0.2, -0.15) is 0 Å². The van der Waals surface area contributed by atoms with Crippen LogP contribution in [0.25, 0.3) is 0 Å². The van der Waals surface area contributed by atoms with Crippen molar-refractivity contribution in [1.29, 1.82) is 0 Å². The molecule has 0 aliphatic rings. The molecule has 0 aromatic heterocycles. The molecule has 0 saturated carbocycles. The van der Waals surface area contributed by atoms with Crippen LogP contribution in [0.3, 0.4) is 0 Å². The van der Waals surface area contributed by atoms with E-state index in [9.17, 15) is 4.79 Å². The van der Waals surface area contributed by atoms with E-state index in [1.807, 2.05) is 48.5 Å². The summed E-state index contributed by atoms with van der Waals surface area (Å²) in [5.41, 5.74) is 2.32. The lowest BCUT2D eigenvalue weighted by Crippen LogP contribution is -2.04. The summed E-state index contributed by atoms with van der Waals surface area (Å²) in [7, 11) is 0. The Labute approximate surface area is 133 Å². The normalized spacial score (nSPS) is 11.3. The Morgan fingerprint density at radius 1 is 1.00 bits per heavy atom. The van der Waals surface area contributed by atoms with Gasteiger partial charge in [0.25, 0.3) is 0 Å². The van der Waals surface area contributed by atoms with E-state index < -0.39 is 0 Å². The van der Waals surface area contributed by atoms with Crippen molar-refractivity contribution in [2.24, 2.45) is 0 Å². The Bertz CT molecular complexity index is 632. The van der Waals surface area contributed by atoms with Crippen molar-refractivity contribution in [3.63, 3.8) is 0 Å². The van der Waals surface area contributed by atoms with Gasteiger partial charge in [-0.25, -0.2) is 0 Å². The van der Waals surface area contributed by atoms with Gasteiger partial charge >= 0.3 is 0 Å². The predicted molar refractivity (Wildman–Crippen MR) is 91.7 cm³/mol. The first kappa shape index (κ1) is 16.0. The molecule has 0 amide bonds. The molecule has 0 radical (unpaired) electrons. The van der Waals surface area contributed by atoms with E-state index in [1.165, 1.54) is 5.56 Å². The van der Waals surface area contributed by atoms with Gasteiger partial charge in [0.1, 0.15) is 5.78 Å². The van der Waals surface area contributed by atoms with Crippen LogP contribution >= 0.6 is 0 Å². The number of unbranched alkanes of at least 4 members (excludes halogenated alkanes) is 1. The van der Waals surface area contributed by atoms with Gasteiger partial charge in [0.2, 0.25) is 0 Å². The fourth-order valence-corrected chi connectivity index (χ4v) is 2.58. The number of Topliss-reactive ketones (excluding diaryl/α,β-unsaturated/α-hetero) is 1. The van der Waals surface area contributed by atoms with Crippen LogP contribution in [-0.4, -0.2) is 5.78 Å². The quantitative estimate of drug-likeness (QED) is 0.542. The summed E-state index contributed by atoms with van der Waals surface area (Å²) in [4.78, 5) is 11.5. The van der Waals surface area contributed by atoms with Crippen molar-refractivity contribution in [1.82, 2.24) is 0 Å². The van der Waals surface area contributed by atoms with Crippen LogP contribution in [-0.2, 0) is 4.79 Å². The van der Waals surface area contributed by atoms with Crippen LogP contribution in [0, 0.1) is 11.8 Å². The Hall–Kier alpha value is -2.33. The zero-order chi connectivity index (χ0) is 15.6. The minimum atomic E-state index is 0.254. The highest BCUT2D eigenvalue weighted by atomic mass is 16.1. The summed E-state index contributed by atoms with van der Waals surface area (Å²) in [5.74, 6) is 6.98. The van der Waals surface area contributed by atoms with Crippen LogP contribution in [0.15, 0.2) is 60.7 Å². The topological polar surface area (TPSA) is 17.1 Å². The molecule has 112 valence electrons. The highest BCUT2D eigenvalue weighted by Gasteiger charge is 2.12. The lowest BCUT2D eigenvalue weighted by Gasteiger charge is -2.15. The van der Waals surface area contributed by atoms with Gasteiger partial charge in [0.15, 0.2) is 0 Å². The van der Waals surface area contributed by atoms with E-state index in [-0.39, 0.29) is 5.78 Å². The molecule has 0 bridgehead atoms. The first-order valence-electron chi connectivity index (χ1n) is 7.84. The molecule has 0 spiro atoms. The van der Waals surface area contributed by atoms with Crippen molar-refractivity contribution in [2.45, 2.75) is 38.5 Å². The second-order valence-electron chi connectivity index (χ2n) is 5.57. The SMILES string of the molecule is CC(=O)CC(CCCC#Cc1ccccc1)c1ccccc1. The zero-order valence-electron chi connectivity index (χ0n) is 13.1. The fourth-order valence-electron chi connectivity index (χ4n) is 2.58. The third kappa shape index (κ3) is 5.58. The molecule has 0 N–H and O–H groups in total. The number of ketones is 1. The molecule has 1 atom stereocenters. The van der Waals surface area contributed by atoms with Gasteiger partial charge in [-0.3, -0.25) is 0 Å². The van der Waals surface area contributed by atoms with E-state index in [0.29, 0.717) is 12.3 Å². The van der Waals surface area contributed by atoms with Gasteiger partial charge in [-0.1, -0.05) is 60.4 Å². The maximum atomic E-state index is 11.5. The average Bonchev–Trinajstić information content (AvgIpc) is 2.55. The first-order valence-corrected chi connectivity index (χ1v) is 7.84. The van der Waals surface area contributed by atoms with Crippen molar-refractivity contribution >= 4 is 5.78 Å². The molecule has 0 saturated heterocycles. The van der Waals surface area contributed by atoms with Crippen LogP contribution in [0.2, 0.25) is 0 Å². The highest BCUT2D eigenvalue weighted by molar-refractivity contribution is 5.76. The molecule has 0 aliphatic carbocycles. The van der Waals surface area contributed by atoms with E-state index in [2.05, 4.69) is 24.0 Å². The van der Waals surface area contributed by atoms with Gasteiger partial charge in [-0.15, -0.1) is 0 Å². The smallest absolute Gasteiger partial charge is 0.130 e. The summed E-state index contributed by atoms with van der Waals surface area (Å²) < 4.78 is 0. The molecule has 0 heterocycles. The Morgan fingerprint density at radius 3 is 2.27 bits per heavy atom. The molecule has 22 heavy (non-hydrogen) atoms. The number of hydrogen-bond acceptors (Lipinski definition) is 1. The number of carbonyl (C=O) groups is 1. The van der Waals surface area contributed by atoms with Crippen molar-refractivity contribution < 1.29 is 4.79 Å². The Balaban J connectivity index is 1.87. The minimum absolute atomic E-state index is 0.254. The van der Waals surface area contributed by atoms with E-state index in [1.54, 1.807) is 6.92 Å². The monoisotopic (exact) mass is 290 g/mol. The molecule has 1 unspecified atom stereocenters. The number of rotatable bonds is 6. The molecular formula is C21H22O. The lowest BCUT2D eigenvalue weighted by atomic mass is 9.89. The fraction of sp³-hybridized carbons (Fsp3) is 0.286. The summed E-state index contributed by atoms with van der Waals surface area (Å²) in [5, 5.41) is 0. The second-order valence-corrected chi connectivity index (χ2v) is 5.57. The molecule has 1 heteroatoms. The Kier molecular flexibility index (Phi) is 6.45. The third-order valence-electron chi connectivity index (χ3n) is 3.67. The zero-order valence-corrected chi connectivity index (χ0v) is 13.1. The number of hydrogen-bond donors (Lipinski definition) is 0. The lowest BCUT2D eigenvalue weighted by molar-refractivity contribution is -0.117. The van der Waals surface area contributed by atoms with Gasteiger partial charge < -0.3 is 4.79 Å². The van der Waals surface area contributed by atoms with E-state index in [0.717, 1.165) is 24.8 Å². The van der Waals surface area contributed by atoms with Gasteiger partial charge in [-0.05, 0) is 43.4 Å². The molecule has 2 aromatic rings. The van der Waals surface area contributed by atoms with Crippen LogP contribution < -0.4 is 0 Å². The van der Waals surface area contributed by atoms with Gasteiger partial charge in [0.05, 0.1) is 0 Å². The molecule has 1 nitrogen and oxygen atoms in total. The van der Waals surface area contributed by atoms with E-state index in [4.69, 9.17) is 0 Å². The maximum Gasteiger partial charge on any atom is 0.130 e. The number of carbonyl (C=O) groups excluding carboxylic acids is 1. The highest BCUT2D eigenvalue weighted by Crippen LogP contribution is 2.25. The van der Waals surface area contributed by atoms with E-state index >= 15 is 0 Å². The predicted octanol–water partition coefficient (Wildman–Crippen LogP) is 4.97. The van der Waals surface area contributed by atoms with Crippen molar-refractivity contribution in [2.75, 3.05) is 0 Å². The maximum absolute atomic E-state index is 11.5. The molecule has 0 fully saturated rings. The van der Waals surface area contributed by atoms with Gasteiger partial charge in [0, 0.05) is 18.4 Å². The third-order valence-corrected chi connectivity index (χ3v) is 3.67. The van der Waals surface area contributed by atoms with Crippen LogP contribution in [0.4, 0.5) is 0 Å². The average molecular weight is 290 g/mol. The summed E-state index contributed by atoms with van der Waals surface area (Å²) in [6.45, 7) is 1.67. The van der Waals surface area contributed by atoms with Crippen molar-refractivity contribution in [3.05, 3.63) is 71.8 Å². The Morgan fingerprint density at radius 2 is 1.64 bits per heavy atom. The van der Waals surface area contributed by atoms with Crippen molar-refractivity contribution in [3.8, 4) is 11.8 Å². The minimum Gasteiger partial charge on any atom is -0.300 e. The number of benzene rings is 2. The summed E-state index contributed by atoms with van der Waals surface area (Å²) in [6, 6.07) is 20.4. The first-order chi connectivity index (χ1) is 10.8. The van der Waals surface area contributed by atoms with Crippen LogP contribution in [0.1, 0.15) is 49.7 Å². The second kappa shape index (κ2) is 8.85.